The molecule has 222 valence electrons. The first-order valence-electron chi connectivity index (χ1n) is 14.4. The van der Waals surface area contributed by atoms with Crippen LogP contribution in [0.15, 0.2) is 66.9 Å². The first kappa shape index (κ1) is 29.6. The molecule has 10 heteroatoms. The van der Waals surface area contributed by atoms with Gasteiger partial charge in [-0.25, -0.2) is 9.78 Å². The second-order valence-corrected chi connectivity index (χ2v) is 10.7. The van der Waals surface area contributed by atoms with Crippen LogP contribution < -0.4 is 10.2 Å². The van der Waals surface area contributed by atoms with Gasteiger partial charge in [0.25, 0.3) is 0 Å². The van der Waals surface area contributed by atoms with Crippen molar-refractivity contribution in [2.45, 2.75) is 37.8 Å². The van der Waals surface area contributed by atoms with Crippen molar-refractivity contribution >= 4 is 17.7 Å². The zero-order chi connectivity index (χ0) is 29.7. The van der Waals surface area contributed by atoms with E-state index >= 15 is 0 Å². The Morgan fingerprint density at radius 3 is 2.14 bits per heavy atom. The molecular weight excluding hydrogens is 545 g/mol. The van der Waals surface area contributed by atoms with Gasteiger partial charge in [0.2, 0.25) is 5.91 Å². The topological polar surface area (TPSA) is 74.8 Å². The summed E-state index contributed by atoms with van der Waals surface area (Å²) in [7, 11) is 0. The van der Waals surface area contributed by atoms with E-state index in [1.807, 2.05) is 54.6 Å². The molecular formula is C32H35F3N4O3. The Kier molecular flexibility index (Phi) is 8.82. The van der Waals surface area contributed by atoms with Gasteiger partial charge in [-0.3, -0.25) is 9.69 Å². The molecule has 1 aromatic heterocycles. The molecule has 1 N–H and O–H groups in total. The van der Waals surface area contributed by atoms with Gasteiger partial charge in [0.15, 0.2) is 0 Å². The Hall–Kier alpha value is -3.92. The highest BCUT2D eigenvalue weighted by Gasteiger charge is 2.49. The number of nitrogens with one attached hydrogen (secondary N) is 1. The molecule has 5 rings (SSSR count). The van der Waals surface area contributed by atoms with Crippen LogP contribution >= 0.6 is 0 Å². The van der Waals surface area contributed by atoms with Gasteiger partial charge in [0.1, 0.15) is 17.8 Å². The number of unbranched alkanes of at least 4 members (excludes halogenated alkanes) is 1. The second kappa shape index (κ2) is 12.5. The lowest BCUT2D eigenvalue weighted by Gasteiger charge is -2.36. The number of amides is 1. The van der Waals surface area contributed by atoms with Crippen LogP contribution in [0, 0.1) is 0 Å². The Morgan fingerprint density at radius 2 is 1.57 bits per heavy atom. The maximum atomic E-state index is 13.6. The van der Waals surface area contributed by atoms with Gasteiger partial charge in [-0.15, -0.1) is 0 Å². The summed E-state index contributed by atoms with van der Waals surface area (Å²) >= 11 is 0. The molecule has 2 aliphatic rings. The van der Waals surface area contributed by atoms with E-state index in [0.717, 1.165) is 67.2 Å². The first-order chi connectivity index (χ1) is 20.2. The second-order valence-electron chi connectivity index (χ2n) is 10.7. The molecule has 0 saturated carbocycles. The molecule has 1 amide bonds. The number of fused-ring (bicyclic) bond motifs is 3. The number of piperazine rings is 1. The van der Waals surface area contributed by atoms with Gasteiger partial charge in [0, 0.05) is 32.4 Å². The Morgan fingerprint density at radius 1 is 0.929 bits per heavy atom. The van der Waals surface area contributed by atoms with Crippen LogP contribution in [0.25, 0.3) is 11.1 Å². The molecule has 3 aromatic rings. The standard InChI is InChI=1S/C32H35F3N4O3/c1-2-42-29(40)23-13-14-28(36-21-23)39-19-17-38(18-20-39)16-8-7-15-31(30(41)37-22-32(33,34)35)26-11-5-3-9-24(26)25-10-4-6-12-27(25)31/h3-6,9-14,21H,2,7-8,15-20,22H2,1H3,(H,37,41). The van der Waals surface area contributed by atoms with Crippen LogP contribution in [0.2, 0.25) is 0 Å². The summed E-state index contributed by atoms with van der Waals surface area (Å²) in [5.74, 6) is -0.175. The van der Waals surface area contributed by atoms with Crippen molar-refractivity contribution in [2.24, 2.45) is 0 Å². The number of hydrogen-bond acceptors (Lipinski definition) is 6. The Bertz CT molecular complexity index is 1360. The van der Waals surface area contributed by atoms with Crippen LogP contribution in [0.5, 0.6) is 0 Å². The number of carbonyl (C=O) groups is 2. The molecule has 1 saturated heterocycles. The van der Waals surface area contributed by atoms with Crippen molar-refractivity contribution in [3.05, 3.63) is 83.6 Å². The minimum atomic E-state index is -4.49. The maximum Gasteiger partial charge on any atom is 0.405 e. The summed E-state index contributed by atoms with van der Waals surface area (Å²) in [4.78, 5) is 34.5. The van der Waals surface area contributed by atoms with Crippen molar-refractivity contribution in [2.75, 3.05) is 50.8 Å². The van der Waals surface area contributed by atoms with Gasteiger partial charge >= 0.3 is 12.1 Å². The number of pyridine rings is 1. The smallest absolute Gasteiger partial charge is 0.405 e. The number of rotatable bonds is 10. The molecule has 0 atom stereocenters. The monoisotopic (exact) mass is 580 g/mol. The van der Waals surface area contributed by atoms with Gasteiger partial charge < -0.3 is 15.0 Å². The fraction of sp³-hybridized carbons (Fsp3) is 0.406. The lowest BCUT2D eigenvalue weighted by atomic mass is 9.73. The van der Waals surface area contributed by atoms with Crippen LogP contribution in [-0.4, -0.2) is 73.8 Å². The molecule has 2 heterocycles. The quantitative estimate of drug-likeness (QED) is 0.263. The van der Waals surface area contributed by atoms with E-state index < -0.39 is 24.0 Å². The third kappa shape index (κ3) is 6.13. The molecule has 1 fully saturated rings. The zero-order valence-corrected chi connectivity index (χ0v) is 23.6. The van der Waals surface area contributed by atoms with E-state index in [2.05, 4.69) is 20.1 Å². The minimum Gasteiger partial charge on any atom is -0.462 e. The van der Waals surface area contributed by atoms with E-state index in [1.165, 1.54) is 0 Å². The average Bonchev–Trinajstić information content (AvgIpc) is 3.29. The number of aromatic nitrogens is 1. The molecule has 1 aliphatic carbocycles. The molecule has 1 aliphatic heterocycles. The van der Waals surface area contributed by atoms with E-state index in [1.54, 1.807) is 19.2 Å². The fourth-order valence-electron chi connectivity index (χ4n) is 6.12. The number of alkyl halides is 3. The highest BCUT2D eigenvalue weighted by atomic mass is 19.4. The van der Waals surface area contributed by atoms with Crippen molar-refractivity contribution < 1.29 is 27.5 Å². The third-order valence-corrected chi connectivity index (χ3v) is 8.13. The SMILES string of the molecule is CCOC(=O)c1ccc(N2CCN(CCCCC3(C(=O)NCC(F)(F)F)c4ccccc4-c4ccccc43)CC2)nc1. The highest BCUT2D eigenvalue weighted by molar-refractivity contribution is 6.00. The van der Waals surface area contributed by atoms with Gasteiger partial charge in [0.05, 0.1) is 12.2 Å². The predicted molar refractivity (Wildman–Crippen MR) is 154 cm³/mol. The van der Waals surface area contributed by atoms with E-state index in [0.29, 0.717) is 25.0 Å². The number of ether oxygens (including phenoxy) is 1. The normalized spacial score (nSPS) is 16.0. The largest absolute Gasteiger partial charge is 0.462 e. The number of carbonyl (C=O) groups excluding carboxylic acids is 2. The van der Waals surface area contributed by atoms with Crippen molar-refractivity contribution in [3.8, 4) is 11.1 Å². The van der Waals surface area contributed by atoms with Crippen LogP contribution in [0.1, 0.15) is 47.7 Å². The Labute approximate surface area is 243 Å². The number of hydrogen-bond donors (Lipinski definition) is 1. The molecule has 2 aromatic carbocycles. The van der Waals surface area contributed by atoms with Crippen molar-refractivity contribution in [3.63, 3.8) is 0 Å². The van der Waals surface area contributed by atoms with Crippen molar-refractivity contribution in [1.82, 2.24) is 15.2 Å². The fourth-order valence-corrected chi connectivity index (χ4v) is 6.12. The number of nitrogens with zero attached hydrogens (tertiary/aromatic N) is 3. The first-order valence-corrected chi connectivity index (χ1v) is 14.4. The predicted octanol–water partition coefficient (Wildman–Crippen LogP) is 5.20. The van der Waals surface area contributed by atoms with Gasteiger partial charge in [-0.2, -0.15) is 13.2 Å². The van der Waals surface area contributed by atoms with Crippen LogP contribution in [-0.2, 0) is 14.9 Å². The molecule has 7 nitrogen and oxygen atoms in total. The highest BCUT2D eigenvalue weighted by Crippen LogP contribution is 2.51. The zero-order valence-electron chi connectivity index (χ0n) is 23.6. The summed E-state index contributed by atoms with van der Waals surface area (Å²) in [5, 5.41) is 2.20. The number of halogens is 3. The van der Waals surface area contributed by atoms with E-state index in [9.17, 15) is 22.8 Å². The molecule has 0 bridgehead atoms. The van der Waals surface area contributed by atoms with Crippen LogP contribution in [0.3, 0.4) is 0 Å². The van der Waals surface area contributed by atoms with E-state index in [-0.39, 0.29) is 5.97 Å². The summed E-state index contributed by atoms with van der Waals surface area (Å²) in [6.07, 6.45) is -1.04. The van der Waals surface area contributed by atoms with Crippen molar-refractivity contribution in [1.29, 1.82) is 0 Å². The minimum absolute atomic E-state index is 0.315. The molecule has 42 heavy (non-hydrogen) atoms. The lowest BCUT2D eigenvalue weighted by Crippen LogP contribution is -2.48. The average molecular weight is 581 g/mol. The summed E-state index contributed by atoms with van der Waals surface area (Å²) < 4.78 is 44.3. The van der Waals surface area contributed by atoms with Gasteiger partial charge in [-0.05, 0) is 60.7 Å². The summed E-state index contributed by atoms with van der Waals surface area (Å²) in [6.45, 7) is 4.80. The van der Waals surface area contributed by atoms with E-state index in [4.69, 9.17) is 4.74 Å². The number of esters is 1. The number of benzene rings is 2. The molecule has 0 spiro atoms. The third-order valence-electron chi connectivity index (χ3n) is 8.13. The maximum absolute atomic E-state index is 13.6. The van der Waals surface area contributed by atoms with Gasteiger partial charge in [-0.1, -0.05) is 55.0 Å². The molecule has 0 radical (unpaired) electrons. The lowest BCUT2D eigenvalue weighted by molar-refractivity contribution is -0.141. The summed E-state index contributed by atoms with van der Waals surface area (Å²) in [6, 6.07) is 18.6. The molecule has 0 unspecified atom stereocenters. The summed E-state index contributed by atoms with van der Waals surface area (Å²) in [5.41, 5.74) is 2.59. The number of anilines is 1. The van der Waals surface area contributed by atoms with Crippen LogP contribution in [0.4, 0.5) is 19.0 Å². The Balaban J connectivity index is 1.21.